The molecule has 2 amide bonds. The minimum atomic E-state index is 0.0847. The molecule has 0 bridgehead atoms. The molecule has 5 heteroatoms. The third-order valence-corrected chi connectivity index (χ3v) is 2.25. The molecule has 1 unspecified atom stereocenters. The lowest BCUT2D eigenvalue weighted by atomic mass is 10.2. The Kier molecular flexibility index (Phi) is 3.88. The van der Waals surface area contributed by atoms with E-state index in [1.807, 2.05) is 0 Å². The van der Waals surface area contributed by atoms with Crippen molar-refractivity contribution in [1.29, 1.82) is 0 Å². The van der Waals surface area contributed by atoms with E-state index in [9.17, 15) is 9.59 Å². The zero-order valence-corrected chi connectivity index (χ0v) is 8.67. The summed E-state index contributed by atoms with van der Waals surface area (Å²) in [5.41, 5.74) is 0. The molecule has 1 aliphatic heterocycles. The smallest absolute Gasteiger partial charge is 0.223 e. The Morgan fingerprint density at radius 3 is 2.86 bits per heavy atom. The van der Waals surface area contributed by atoms with Gasteiger partial charge in [-0.2, -0.15) is 0 Å². The second-order valence-electron chi connectivity index (χ2n) is 3.70. The topological polar surface area (TPSA) is 61.4 Å². The highest BCUT2D eigenvalue weighted by Crippen LogP contribution is 1.98. The molecule has 80 valence electrons. The Bertz CT molecular complexity index is 228. The number of nitrogens with zero attached hydrogens (tertiary/aromatic N) is 1. The van der Waals surface area contributed by atoms with Crippen LogP contribution in [0.3, 0.4) is 0 Å². The molecule has 0 aromatic heterocycles. The molecule has 1 rings (SSSR count). The zero-order valence-electron chi connectivity index (χ0n) is 8.67. The van der Waals surface area contributed by atoms with E-state index in [-0.39, 0.29) is 17.9 Å². The van der Waals surface area contributed by atoms with Crippen molar-refractivity contribution in [3.8, 4) is 0 Å². The maximum atomic E-state index is 11.2. The number of nitrogens with one attached hydrogen (secondary N) is 2. The Labute approximate surface area is 83.8 Å². The van der Waals surface area contributed by atoms with Gasteiger partial charge in [-0.05, 0) is 0 Å². The quantitative estimate of drug-likeness (QED) is 0.607. The Balaban J connectivity index is 2.10. The van der Waals surface area contributed by atoms with Gasteiger partial charge in [0.2, 0.25) is 11.8 Å². The molecular weight excluding hydrogens is 182 g/mol. The predicted molar refractivity (Wildman–Crippen MR) is 52.7 cm³/mol. The van der Waals surface area contributed by atoms with Crippen LogP contribution in [0.1, 0.15) is 12.8 Å². The van der Waals surface area contributed by atoms with Gasteiger partial charge in [-0.15, -0.1) is 0 Å². The van der Waals surface area contributed by atoms with Crippen molar-refractivity contribution in [3.05, 3.63) is 0 Å². The Hall–Kier alpha value is -1.10. The minimum Gasteiger partial charge on any atom is -0.354 e. The first-order valence-corrected chi connectivity index (χ1v) is 4.80. The van der Waals surface area contributed by atoms with E-state index >= 15 is 0 Å². The fraction of sp³-hybridized carbons (Fsp3) is 0.778. The van der Waals surface area contributed by atoms with Crippen LogP contribution in [0.15, 0.2) is 0 Å². The van der Waals surface area contributed by atoms with E-state index in [1.165, 1.54) is 0 Å². The molecule has 2 N–H and O–H groups in total. The summed E-state index contributed by atoms with van der Waals surface area (Å²) >= 11 is 0. The van der Waals surface area contributed by atoms with Gasteiger partial charge in [0.05, 0.1) is 0 Å². The van der Waals surface area contributed by atoms with Crippen LogP contribution in [0, 0.1) is 0 Å². The number of hydrogen-bond donors (Lipinski definition) is 2. The molecule has 0 spiro atoms. The highest BCUT2D eigenvalue weighted by molar-refractivity contribution is 5.79. The van der Waals surface area contributed by atoms with Gasteiger partial charge >= 0.3 is 0 Å². The standard InChI is InChI=1S/C9H17N3O2/c1-12(2)9(14)3-4-10-7-5-8(13)11-6-7/h7,10H,3-6H2,1-2H3,(H,11,13). The van der Waals surface area contributed by atoms with Gasteiger partial charge in [0, 0.05) is 46.1 Å². The van der Waals surface area contributed by atoms with E-state index < -0.39 is 0 Å². The van der Waals surface area contributed by atoms with Gasteiger partial charge in [0.15, 0.2) is 0 Å². The van der Waals surface area contributed by atoms with Gasteiger partial charge in [-0.3, -0.25) is 9.59 Å². The van der Waals surface area contributed by atoms with Crippen LogP contribution in [0.5, 0.6) is 0 Å². The zero-order chi connectivity index (χ0) is 10.6. The van der Waals surface area contributed by atoms with E-state index in [2.05, 4.69) is 10.6 Å². The third-order valence-electron chi connectivity index (χ3n) is 2.25. The van der Waals surface area contributed by atoms with E-state index in [1.54, 1.807) is 19.0 Å². The van der Waals surface area contributed by atoms with Crippen molar-refractivity contribution in [3.63, 3.8) is 0 Å². The Morgan fingerprint density at radius 1 is 1.64 bits per heavy atom. The van der Waals surface area contributed by atoms with Crippen molar-refractivity contribution < 1.29 is 9.59 Å². The molecule has 0 radical (unpaired) electrons. The average Bonchev–Trinajstić information content (AvgIpc) is 2.51. The Morgan fingerprint density at radius 2 is 2.36 bits per heavy atom. The fourth-order valence-corrected chi connectivity index (χ4v) is 1.36. The predicted octanol–water partition coefficient (Wildman–Crippen LogP) is -1.06. The molecule has 0 aliphatic carbocycles. The largest absolute Gasteiger partial charge is 0.354 e. The highest BCUT2D eigenvalue weighted by atomic mass is 16.2. The molecule has 0 aromatic rings. The van der Waals surface area contributed by atoms with E-state index in [0.29, 0.717) is 25.9 Å². The first kappa shape index (κ1) is 11.0. The summed E-state index contributed by atoms with van der Waals surface area (Å²) in [4.78, 5) is 23.6. The lowest BCUT2D eigenvalue weighted by Gasteiger charge is -2.12. The van der Waals surface area contributed by atoms with Crippen molar-refractivity contribution in [2.24, 2.45) is 0 Å². The van der Waals surface area contributed by atoms with Gasteiger partial charge in [0.1, 0.15) is 0 Å². The summed E-state index contributed by atoms with van der Waals surface area (Å²) in [6.45, 7) is 1.31. The average molecular weight is 199 g/mol. The van der Waals surface area contributed by atoms with Crippen LogP contribution >= 0.6 is 0 Å². The maximum Gasteiger partial charge on any atom is 0.223 e. The van der Waals surface area contributed by atoms with Crippen LogP contribution < -0.4 is 10.6 Å². The van der Waals surface area contributed by atoms with Crippen LogP contribution in [0.4, 0.5) is 0 Å². The van der Waals surface area contributed by atoms with Crippen molar-refractivity contribution in [2.75, 3.05) is 27.2 Å². The molecule has 1 fully saturated rings. The molecule has 0 aromatic carbocycles. The number of carbonyl (C=O) groups excluding carboxylic acids is 2. The van der Waals surface area contributed by atoms with E-state index in [0.717, 1.165) is 0 Å². The van der Waals surface area contributed by atoms with Crippen molar-refractivity contribution >= 4 is 11.8 Å². The van der Waals surface area contributed by atoms with Gasteiger partial charge in [-0.25, -0.2) is 0 Å². The summed E-state index contributed by atoms with van der Waals surface area (Å²) in [5, 5.41) is 5.90. The lowest BCUT2D eigenvalue weighted by Crippen LogP contribution is -2.34. The third kappa shape index (κ3) is 3.33. The number of amides is 2. The van der Waals surface area contributed by atoms with Gasteiger partial charge in [0.25, 0.3) is 0 Å². The summed E-state index contributed by atoms with van der Waals surface area (Å²) in [6, 6.07) is 0.192. The van der Waals surface area contributed by atoms with Crippen LogP contribution in [-0.4, -0.2) is 49.9 Å². The van der Waals surface area contributed by atoms with Crippen molar-refractivity contribution in [2.45, 2.75) is 18.9 Å². The first-order valence-electron chi connectivity index (χ1n) is 4.80. The first-order chi connectivity index (χ1) is 6.59. The molecule has 14 heavy (non-hydrogen) atoms. The number of carbonyl (C=O) groups is 2. The fourth-order valence-electron chi connectivity index (χ4n) is 1.36. The molecular formula is C9H17N3O2. The van der Waals surface area contributed by atoms with Crippen LogP contribution in [0.25, 0.3) is 0 Å². The summed E-state index contributed by atoms with van der Waals surface area (Å²) in [7, 11) is 3.48. The molecule has 1 saturated heterocycles. The van der Waals surface area contributed by atoms with Crippen molar-refractivity contribution in [1.82, 2.24) is 15.5 Å². The summed E-state index contributed by atoms with van der Waals surface area (Å²) in [5.74, 6) is 0.191. The minimum absolute atomic E-state index is 0.0847. The van der Waals surface area contributed by atoms with Gasteiger partial charge in [-0.1, -0.05) is 0 Å². The van der Waals surface area contributed by atoms with Crippen LogP contribution in [-0.2, 0) is 9.59 Å². The maximum absolute atomic E-state index is 11.2. The summed E-state index contributed by atoms with van der Waals surface area (Å²) in [6.07, 6.45) is 1.01. The second kappa shape index (κ2) is 4.95. The monoisotopic (exact) mass is 199 g/mol. The number of rotatable bonds is 4. The SMILES string of the molecule is CN(C)C(=O)CCNC1CNC(=O)C1. The highest BCUT2D eigenvalue weighted by Gasteiger charge is 2.20. The van der Waals surface area contributed by atoms with Gasteiger partial charge < -0.3 is 15.5 Å². The lowest BCUT2D eigenvalue weighted by molar-refractivity contribution is -0.128. The molecule has 1 atom stereocenters. The summed E-state index contributed by atoms with van der Waals surface area (Å²) < 4.78 is 0. The second-order valence-corrected chi connectivity index (χ2v) is 3.70. The van der Waals surface area contributed by atoms with E-state index in [4.69, 9.17) is 0 Å². The van der Waals surface area contributed by atoms with Crippen LogP contribution in [0.2, 0.25) is 0 Å². The molecule has 1 aliphatic rings. The molecule has 1 heterocycles. The molecule has 5 nitrogen and oxygen atoms in total. The number of hydrogen-bond acceptors (Lipinski definition) is 3. The molecule has 0 saturated carbocycles. The normalized spacial score (nSPS) is 20.7.